The van der Waals surface area contributed by atoms with E-state index in [0.717, 1.165) is 37.2 Å². The smallest absolute Gasteiger partial charge is 0.222 e. The van der Waals surface area contributed by atoms with Crippen LogP contribution in [-0.2, 0) is 13.0 Å². The first-order chi connectivity index (χ1) is 10.2. The molecule has 2 aromatic rings. The van der Waals surface area contributed by atoms with Crippen LogP contribution in [0.5, 0.6) is 11.6 Å². The summed E-state index contributed by atoms with van der Waals surface area (Å²) in [6.07, 6.45) is 4.14. The third-order valence-corrected chi connectivity index (χ3v) is 3.34. The summed E-state index contributed by atoms with van der Waals surface area (Å²) in [5.74, 6) is 1.52. The van der Waals surface area contributed by atoms with Crippen molar-refractivity contribution in [3.8, 4) is 11.6 Å². The van der Waals surface area contributed by atoms with Crippen molar-refractivity contribution < 1.29 is 4.74 Å². The van der Waals surface area contributed by atoms with E-state index in [2.05, 4.69) is 42.3 Å². The van der Waals surface area contributed by atoms with E-state index in [9.17, 15) is 0 Å². The van der Waals surface area contributed by atoms with Gasteiger partial charge in [0.25, 0.3) is 0 Å². The van der Waals surface area contributed by atoms with Gasteiger partial charge < -0.3 is 10.1 Å². The van der Waals surface area contributed by atoms with Crippen LogP contribution in [0.4, 0.5) is 0 Å². The van der Waals surface area contributed by atoms with Crippen molar-refractivity contribution in [3.63, 3.8) is 0 Å². The molecule has 1 aromatic heterocycles. The van der Waals surface area contributed by atoms with Crippen LogP contribution in [0.15, 0.2) is 36.5 Å². The molecule has 2 rings (SSSR count). The summed E-state index contributed by atoms with van der Waals surface area (Å²) in [4.78, 5) is 4.42. The Balaban J connectivity index is 2.05. The van der Waals surface area contributed by atoms with Crippen molar-refractivity contribution in [2.75, 3.05) is 6.54 Å². The molecule has 0 amide bonds. The number of hydrogen-bond acceptors (Lipinski definition) is 3. The van der Waals surface area contributed by atoms with E-state index in [-0.39, 0.29) is 0 Å². The number of pyridine rings is 1. The fourth-order valence-corrected chi connectivity index (χ4v) is 2.22. The molecule has 0 aliphatic carbocycles. The molecule has 0 aliphatic rings. The van der Waals surface area contributed by atoms with Gasteiger partial charge in [0.2, 0.25) is 5.88 Å². The van der Waals surface area contributed by atoms with Gasteiger partial charge in [-0.05, 0) is 49.2 Å². The van der Waals surface area contributed by atoms with Crippen LogP contribution in [0.25, 0.3) is 0 Å². The van der Waals surface area contributed by atoms with E-state index in [0.29, 0.717) is 5.88 Å². The molecule has 0 fully saturated rings. The standard InChI is InChI=1S/C18H24N2O/c1-4-6-15-7-9-17(10-8-15)21-18-14(3)11-16(13-20-18)12-19-5-2/h7-11,13,19H,4-6,12H2,1-3H3. The van der Waals surface area contributed by atoms with Gasteiger partial charge in [-0.15, -0.1) is 0 Å². The zero-order valence-corrected chi connectivity index (χ0v) is 13.1. The van der Waals surface area contributed by atoms with Crippen LogP contribution in [-0.4, -0.2) is 11.5 Å². The Bertz CT molecular complexity index is 564. The van der Waals surface area contributed by atoms with E-state index in [1.165, 1.54) is 11.1 Å². The van der Waals surface area contributed by atoms with E-state index in [4.69, 9.17) is 4.74 Å². The molecule has 1 aromatic carbocycles. The normalized spacial score (nSPS) is 10.6. The third-order valence-electron chi connectivity index (χ3n) is 3.34. The van der Waals surface area contributed by atoms with Crippen LogP contribution in [0.2, 0.25) is 0 Å². The molecule has 3 nitrogen and oxygen atoms in total. The molecule has 1 heterocycles. The maximum Gasteiger partial charge on any atom is 0.222 e. The quantitative estimate of drug-likeness (QED) is 0.825. The second-order valence-electron chi connectivity index (χ2n) is 5.24. The number of benzene rings is 1. The van der Waals surface area contributed by atoms with Gasteiger partial charge in [0.05, 0.1) is 0 Å². The van der Waals surface area contributed by atoms with Gasteiger partial charge in [-0.1, -0.05) is 32.4 Å². The summed E-state index contributed by atoms with van der Waals surface area (Å²) in [7, 11) is 0. The van der Waals surface area contributed by atoms with Crippen LogP contribution in [0.1, 0.15) is 37.0 Å². The predicted octanol–water partition coefficient (Wildman–Crippen LogP) is 4.24. The number of ether oxygens (including phenoxy) is 1. The van der Waals surface area contributed by atoms with Crippen molar-refractivity contribution in [3.05, 3.63) is 53.2 Å². The van der Waals surface area contributed by atoms with Crippen molar-refractivity contribution >= 4 is 0 Å². The summed E-state index contributed by atoms with van der Waals surface area (Å²) in [6, 6.07) is 10.4. The topological polar surface area (TPSA) is 34.1 Å². The van der Waals surface area contributed by atoms with Gasteiger partial charge in [0.15, 0.2) is 0 Å². The summed E-state index contributed by atoms with van der Waals surface area (Å²) in [5.41, 5.74) is 3.58. The molecule has 0 saturated carbocycles. The first-order valence-electron chi connectivity index (χ1n) is 7.66. The van der Waals surface area contributed by atoms with E-state index < -0.39 is 0 Å². The van der Waals surface area contributed by atoms with Crippen molar-refractivity contribution in [1.29, 1.82) is 0 Å². The number of aromatic nitrogens is 1. The minimum absolute atomic E-state index is 0.679. The molecule has 3 heteroatoms. The van der Waals surface area contributed by atoms with Gasteiger partial charge in [-0.25, -0.2) is 4.98 Å². The highest BCUT2D eigenvalue weighted by Gasteiger charge is 2.05. The van der Waals surface area contributed by atoms with Crippen LogP contribution < -0.4 is 10.1 Å². The summed E-state index contributed by atoms with van der Waals surface area (Å²) < 4.78 is 5.87. The molecule has 0 bridgehead atoms. The third kappa shape index (κ3) is 4.57. The van der Waals surface area contributed by atoms with Gasteiger partial charge in [0, 0.05) is 18.3 Å². The molecular weight excluding hydrogens is 260 g/mol. The lowest BCUT2D eigenvalue weighted by atomic mass is 10.1. The molecular formula is C18H24N2O. The summed E-state index contributed by atoms with van der Waals surface area (Å²) in [5, 5.41) is 3.30. The first kappa shape index (κ1) is 15.5. The van der Waals surface area contributed by atoms with Crippen molar-refractivity contribution in [2.45, 2.75) is 40.2 Å². The van der Waals surface area contributed by atoms with E-state index >= 15 is 0 Å². The Morgan fingerprint density at radius 1 is 1.10 bits per heavy atom. The average Bonchev–Trinajstić information content (AvgIpc) is 2.50. The number of rotatable bonds is 7. The summed E-state index contributed by atoms with van der Waals surface area (Å²) >= 11 is 0. The lowest BCUT2D eigenvalue weighted by molar-refractivity contribution is 0.458. The molecule has 0 unspecified atom stereocenters. The maximum absolute atomic E-state index is 5.87. The lowest BCUT2D eigenvalue weighted by Crippen LogP contribution is -2.12. The first-order valence-corrected chi connectivity index (χ1v) is 7.66. The number of nitrogens with one attached hydrogen (secondary N) is 1. The average molecular weight is 284 g/mol. The molecule has 0 aliphatic heterocycles. The Labute approximate surface area is 127 Å². The molecule has 0 saturated heterocycles. The molecule has 1 N–H and O–H groups in total. The Hall–Kier alpha value is -1.87. The van der Waals surface area contributed by atoms with Gasteiger partial charge in [-0.3, -0.25) is 0 Å². The zero-order chi connectivity index (χ0) is 15.1. The van der Waals surface area contributed by atoms with Gasteiger partial charge in [0.1, 0.15) is 5.75 Å². The number of aryl methyl sites for hydroxylation is 2. The Kier molecular flexibility index (Phi) is 5.76. The molecule has 0 spiro atoms. The molecule has 0 atom stereocenters. The fourth-order valence-electron chi connectivity index (χ4n) is 2.22. The lowest BCUT2D eigenvalue weighted by Gasteiger charge is -2.10. The van der Waals surface area contributed by atoms with Crippen molar-refractivity contribution in [1.82, 2.24) is 10.3 Å². The van der Waals surface area contributed by atoms with E-state index in [1.54, 1.807) is 0 Å². The van der Waals surface area contributed by atoms with Crippen LogP contribution >= 0.6 is 0 Å². The monoisotopic (exact) mass is 284 g/mol. The molecule has 0 radical (unpaired) electrons. The minimum Gasteiger partial charge on any atom is -0.439 e. The van der Waals surface area contributed by atoms with Gasteiger partial charge in [-0.2, -0.15) is 0 Å². The van der Waals surface area contributed by atoms with Crippen molar-refractivity contribution in [2.24, 2.45) is 0 Å². The van der Waals surface area contributed by atoms with Crippen LogP contribution in [0.3, 0.4) is 0 Å². The Morgan fingerprint density at radius 2 is 1.86 bits per heavy atom. The summed E-state index contributed by atoms with van der Waals surface area (Å²) in [6.45, 7) is 8.12. The largest absolute Gasteiger partial charge is 0.439 e. The van der Waals surface area contributed by atoms with Gasteiger partial charge >= 0.3 is 0 Å². The second-order valence-corrected chi connectivity index (χ2v) is 5.24. The highest BCUT2D eigenvalue weighted by atomic mass is 16.5. The number of nitrogens with zero attached hydrogens (tertiary/aromatic N) is 1. The maximum atomic E-state index is 5.87. The zero-order valence-electron chi connectivity index (χ0n) is 13.1. The molecule has 21 heavy (non-hydrogen) atoms. The molecule has 112 valence electrons. The second kappa shape index (κ2) is 7.79. The predicted molar refractivity (Wildman–Crippen MR) is 86.9 cm³/mol. The van der Waals surface area contributed by atoms with Crippen LogP contribution in [0, 0.1) is 6.92 Å². The minimum atomic E-state index is 0.679. The SMILES string of the molecule is CCCc1ccc(Oc2ncc(CNCC)cc2C)cc1. The highest BCUT2D eigenvalue weighted by Crippen LogP contribution is 2.23. The highest BCUT2D eigenvalue weighted by molar-refractivity contribution is 5.35. The fraction of sp³-hybridized carbons (Fsp3) is 0.389. The Morgan fingerprint density at radius 3 is 2.48 bits per heavy atom. The number of hydrogen-bond donors (Lipinski definition) is 1. The van der Waals surface area contributed by atoms with E-state index in [1.807, 2.05) is 25.3 Å².